The smallest absolute Gasteiger partial charge is 0.0118 e. The topological polar surface area (TPSA) is 0 Å². The molecule has 58 heavy (non-hydrogen) atoms. The summed E-state index contributed by atoms with van der Waals surface area (Å²) in [5.74, 6) is 0.258. The molecule has 3 aliphatic carbocycles. The third-order valence-corrected chi connectivity index (χ3v) is 12.9. The van der Waals surface area contributed by atoms with Gasteiger partial charge in [0.15, 0.2) is 0 Å². The summed E-state index contributed by atoms with van der Waals surface area (Å²) in [7, 11) is 0. The van der Waals surface area contributed by atoms with Gasteiger partial charge < -0.3 is 0 Å². The fourth-order valence-electron chi connectivity index (χ4n) is 10.8. The second kappa shape index (κ2) is 13.7. The zero-order valence-electron chi connectivity index (χ0n) is 33.3. The summed E-state index contributed by atoms with van der Waals surface area (Å²) in [6.07, 6.45) is 2.11. The van der Waals surface area contributed by atoms with Gasteiger partial charge in [0, 0.05) is 5.92 Å². The van der Waals surface area contributed by atoms with E-state index in [1.165, 1.54) is 122 Å². The van der Waals surface area contributed by atoms with E-state index in [0.29, 0.717) is 0 Å². The molecule has 0 N–H and O–H groups in total. The molecule has 0 heterocycles. The number of benzene rings is 9. The molecule has 1 atom stereocenters. The average Bonchev–Trinajstić information content (AvgIpc) is 3.75. The fourth-order valence-corrected chi connectivity index (χ4v) is 10.8. The third-order valence-electron chi connectivity index (χ3n) is 12.9. The highest BCUT2D eigenvalue weighted by atomic mass is 14.5. The molecule has 0 aromatic heterocycles. The monoisotopic (exact) mass is 740 g/mol. The minimum atomic E-state index is 0.258. The Labute approximate surface area is 341 Å². The van der Waals surface area contributed by atoms with E-state index < -0.39 is 0 Å². The summed E-state index contributed by atoms with van der Waals surface area (Å²) in [4.78, 5) is 0. The minimum Gasteiger partial charge on any atom is -0.0683 e. The molecule has 0 saturated heterocycles. The van der Waals surface area contributed by atoms with Gasteiger partial charge in [-0.05, 0) is 136 Å². The van der Waals surface area contributed by atoms with Crippen LogP contribution in [0, 0.1) is 0 Å². The average molecular weight is 741 g/mol. The maximum atomic E-state index is 2.50. The SMILES string of the molecule is CC.CC1=C2c3c(ccc4c3C(CC1)c1c-4c(-c3ccccc3)c3ccccc3c1-c1ccccc1)-c1c2c(-c2ccccc2)c2ccccc2c1-c1ccccc1. The maximum Gasteiger partial charge on any atom is 0.0118 e. The lowest BCUT2D eigenvalue weighted by atomic mass is 9.80. The van der Waals surface area contributed by atoms with E-state index in [4.69, 9.17) is 0 Å². The number of hydrogen-bond donors (Lipinski definition) is 0. The van der Waals surface area contributed by atoms with Gasteiger partial charge in [0.25, 0.3) is 0 Å². The maximum absolute atomic E-state index is 2.50. The Kier molecular flexibility index (Phi) is 8.16. The van der Waals surface area contributed by atoms with Crippen molar-refractivity contribution < 1.29 is 0 Å². The fraction of sp³-hybridized carbons (Fsp3) is 0.103. The van der Waals surface area contributed by atoms with Crippen molar-refractivity contribution in [3.05, 3.63) is 210 Å². The predicted octanol–water partition coefficient (Wildman–Crippen LogP) is 16.4. The molecule has 0 bridgehead atoms. The standard InChI is InChI=1S/C56H38.C2H6/c1-34-30-31-43-51-44(54-48(36-20-8-3-9-21-36)40-27-15-14-26-39(40)47(53(43)54)35-18-6-2-7-19-35)32-33-45-52(51)46(34)56-50(38-24-12-5-13-25-38)42-29-17-16-28-41(42)49(55(45)56)37-22-10-4-11-23-37;1-2/h2-29,32-33,43H,30-31H2,1H3;1-2H3. The predicted molar refractivity (Wildman–Crippen MR) is 248 cm³/mol. The van der Waals surface area contributed by atoms with Gasteiger partial charge in [-0.2, -0.15) is 0 Å². The highest BCUT2D eigenvalue weighted by Gasteiger charge is 2.44. The van der Waals surface area contributed by atoms with Crippen LogP contribution >= 0.6 is 0 Å². The summed E-state index contributed by atoms with van der Waals surface area (Å²) < 4.78 is 0. The molecule has 0 nitrogen and oxygen atoms in total. The molecule has 0 radical (unpaired) electrons. The first-order valence-corrected chi connectivity index (χ1v) is 21.0. The molecule has 12 rings (SSSR count). The van der Waals surface area contributed by atoms with Gasteiger partial charge in [0.1, 0.15) is 0 Å². The molecule has 9 aromatic carbocycles. The van der Waals surface area contributed by atoms with E-state index in [0.717, 1.165) is 12.8 Å². The number of rotatable bonds is 4. The van der Waals surface area contributed by atoms with E-state index in [1.807, 2.05) is 13.8 Å². The lowest BCUT2D eigenvalue weighted by molar-refractivity contribution is 0.734. The van der Waals surface area contributed by atoms with Crippen molar-refractivity contribution in [1.29, 1.82) is 0 Å². The van der Waals surface area contributed by atoms with Crippen LogP contribution in [0.15, 0.2) is 188 Å². The molecule has 0 amide bonds. The molecule has 0 saturated carbocycles. The number of hydrogen-bond acceptors (Lipinski definition) is 0. The van der Waals surface area contributed by atoms with Gasteiger partial charge in [-0.25, -0.2) is 0 Å². The molecule has 9 aromatic rings. The van der Waals surface area contributed by atoms with E-state index in [-0.39, 0.29) is 5.92 Å². The molecule has 276 valence electrons. The summed E-state index contributed by atoms with van der Waals surface area (Å²) >= 11 is 0. The van der Waals surface area contributed by atoms with Crippen LogP contribution in [0.25, 0.3) is 93.9 Å². The Bertz CT molecular complexity index is 3100. The molecular formula is C58H44. The second-order valence-corrected chi connectivity index (χ2v) is 15.8. The minimum absolute atomic E-state index is 0.258. The molecule has 0 spiro atoms. The first-order valence-electron chi connectivity index (χ1n) is 21.0. The highest BCUT2D eigenvalue weighted by Crippen LogP contribution is 2.65. The third kappa shape index (κ3) is 4.88. The van der Waals surface area contributed by atoms with Crippen molar-refractivity contribution in [1.82, 2.24) is 0 Å². The Morgan fingerprint density at radius 1 is 0.328 bits per heavy atom. The van der Waals surface area contributed by atoms with Crippen molar-refractivity contribution in [3.63, 3.8) is 0 Å². The number of allylic oxidation sites excluding steroid dienone is 1. The molecule has 0 aliphatic heterocycles. The van der Waals surface area contributed by atoms with Crippen LogP contribution in [0.5, 0.6) is 0 Å². The van der Waals surface area contributed by atoms with E-state index in [9.17, 15) is 0 Å². The summed E-state index contributed by atoms with van der Waals surface area (Å²) in [5.41, 5.74) is 25.0. The highest BCUT2D eigenvalue weighted by molar-refractivity contribution is 6.23. The molecular weight excluding hydrogens is 697 g/mol. The van der Waals surface area contributed by atoms with Crippen molar-refractivity contribution >= 4 is 27.1 Å². The van der Waals surface area contributed by atoms with Gasteiger partial charge >= 0.3 is 0 Å². The Hall–Kier alpha value is -6.76. The van der Waals surface area contributed by atoms with Crippen molar-refractivity contribution in [2.45, 2.75) is 39.5 Å². The van der Waals surface area contributed by atoms with Crippen LogP contribution in [-0.4, -0.2) is 0 Å². The van der Waals surface area contributed by atoms with Crippen LogP contribution in [0.2, 0.25) is 0 Å². The summed E-state index contributed by atoms with van der Waals surface area (Å²) in [6.45, 7) is 6.43. The molecule has 0 fully saturated rings. The van der Waals surface area contributed by atoms with Crippen LogP contribution in [-0.2, 0) is 0 Å². The lowest BCUT2D eigenvalue weighted by Gasteiger charge is -2.23. The van der Waals surface area contributed by atoms with Crippen LogP contribution in [0.4, 0.5) is 0 Å². The van der Waals surface area contributed by atoms with Gasteiger partial charge in [0.05, 0.1) is 0 Å². The zero-order chi connectivity index (χ0) is 38.9. The van der Waals surface area contributed by atoms with Gasteiger partial charge in [-0.15, -0.1) is 0 Å². The normalized spacial score (nSPS) is 14.4. The molecule has 3 aliphatic rings. The quantitative estimate of drug-likeness (QED) is 0.169. The summed E-state index contributed by atoms with van der Waals surface area (Å²) in [5, 5.41) is 5.28. The van der Waals surface area contributed by atoms with E-state index in [1.54, 1.807) is 0 Å². The van der Waals surface area contributed by atoms with Gasteiger partial charge in [-0.1, -0.05) is 201 Å². The molecule has 1 unspecified atom stereocenters. The lowest BCUT2D eigenvalue weighted by Crippen LogP contribution is -2.02. The van der Waals surface area contributed by atoms with Crippen LogP contribution in [0.3, 0.4) is 0 Å². The summed E-state index contributed by atoms with van der Waals surface area (Å²) in [6, 6.07) is 67.9. The van der Waals surface area contributed by atoms with Crippen LogP contribution in [0.1, 0.15) is 61.8 Å². The zero-order valence-corrected chi connectivity index (χ0v) is 33.3. The Morgan fingerprint density at radius 3 is 1.19 bits per heavy atom. The van der Waals surface area contributed by atoms with Crippen LogP contribution < -0.4 is 0 Å². The van der Waals surface area contributed by atoms with Crippen molar-refractivity contribution in [3.8, 4) is 66.8 Å². The second-order valence-electron chi connectivity index (χ2n) is 15.8. The largest absolute Gasteiger partial charge is 0.0683 e. The molecule has 0 heteroatoms. The van der Waals surface area contributed by atoms with Crippen molar-refractivity contribution in [2.24, 2.45) is 0 Å². The van der Waals surface area contributed by atoms with E-state index in [2.05, 4.69) is 189 Å². The number of fused-ring (bicyclic) bond motifs is 8. The van der Waals surface area contributed by atoms with Gasteiger partial charge in [-0.3, -0.25) is 0 Å². The van der Waals surface area contributed by atoms with E-state index >= 15 is 0 Å². The first kappa shape index (κ1) is 34.5. The Morgan fingerprint density at radius 2 is 0.707 bits per heavy atom. The first-order chi connectivity index (χ1) is 28.8. The Balaban J connectivity index is 0.00000190. The van der Waals surface area contributed by atoms with Gasteiger partial charge in [0.2, 0.25) is 0 Å². The van der Waals surface area contributed by atoms with Crippen molar-refractivity contribution in [2.75, 3.05) is 0 Å².